The molecule has 1 atom stereocenters. The molecule has 56 heavy (non-hydrogen) atoms. The number of imide groups is 2. The number of piperidine rings is 1. The summed E-state index contributed by atoms with van der Waals surface area (Å²) in [4.78, 5) is 62.4. The van der Waals surface area contributed by atoms with Crippen LogP contribution in [0, 0.1) is 11.2 Å². The maximum Gasteiger partial charge on any atom is 0.262 e. The van der Waals surface area contributed by atoms with Crippen LogP contribution in [-0.2, 0) is 26.3 Å². The summed E-state index contributed by atoms with van der Waals surface area (Å²) in [6, 6.07) is 18.7. The van der Waals surface area contributed by atoms with E-state index in [0.717, 1.165) is 48.0 Å². The zero-order chi connectivity index (χ0) is 38.8. The van der Waals surface area contributed by atoms with Gasteiger partial charge in [0.2, 0.25) is 17.8 Å². The van der Waals surface area contributed by atoms with E-state index >= 15 is 4.39 Å². The van der Waals surface area contributed by atoms with Crippen molar-refractivity contribution in [3.05, 3.63) is 107 Å². The molecule has 4 aromatic rings. The first-order valence-electron chi connectivity index (χ1n) is 18.9. The van der Waals surface area contributed by atoms with Crippen LogP contribution in [0.2, 0.25) is 0 Å². The number of nitrogens with zero attached hydrogens (tertiary/aromatic N) is 4. The Morgan fingerprint density at radius 2 is 1.70 bits per heavy atom. The Kier molecular flexibility index (Phi) is 8.75. The molecular weight excluding hydrogens is 719 g/mol. The van der Waals surface area contributed by atoms with E-state index in [1.165, 1.54) is 6.07 Å². The van der Waals surface area contributed by atoms with Crippen molar-refractivity contribution >= 4 is 35.3 Å². The minimum Gasteiger partial charge on any atom is -0.487 e. The molecular formula is C42H41FN6O7. The normalized spacial score (nSPS) is 22.5. The lowest BCUT2D eigenvalue weighted by atomic mass is 9.78. The number of hydrogen-bond donors (Lipinski definition) is 2. The summed E-state index contributed by atoms with van der Waals surface area (Å²) < 4.78 is 32.9. The Labute approximate surface area is 322 Å². The molecule has 4 amide bonds. The molecule has 9 rings (SSSR count). The van der Waals surface area contributed by atoms with E-state index in [0.29, 0.717) is 36.8 Å². The van der Waals surface area contributed by atoms with Gasteiger partial charge in [0.25, 0.3) is 11.8 Å². The monoisotopic (exact) mass is 760 g/mol. The van der Waals surface area contributed by atoms with E-state index < -0.39 is 40.9 Å². The highest BCUT2D eigenvalue weighted by molar-refractivity contribution is 6.23. The van der Waals surface area contributed by atoms with E-state index in [2.05, 4.69) is 25.5 Å². The molecule has 4 fully saturated rings. The Hall–Kier alpha value is -5.89. The second-order valence-corrected chi connectivity index (χ2v) is 16.0. The highest BCUT2D eigenvalue weighted by Crippen LogP contribution is 2.40. The molecule has 1 unspecified atom stereocenters. The topological polar surface area (TPSA) is 152 Å². The lowest BCUT2D eigenvalue weighted by molar-refractivity contribution is -0.136. The van der Waals surface area contributed by atoms with E-state index in [4.69, 9.17) is 14.2 Å². The summed E-state index contributed by atoms with van der Waals surface area (Å²) in [7, 11) is 0. The fourth-order valence-corrected chi connectivity index (χ4v) is 8.13. The molecule has 3 aromatic carbocycles. The second kappa shape index (κ2) is 13.7. The first-order valence-corrected chi connectivity index (χ1v) is 18.9. The minimum absolute atomic E-state index is 0.0175. The van der Waals surface area contributed by atoms with E-state index in [9.17, 15) is 19.2 Å². The highest BCUT2D eigenvalue weighted by atomic mass is 19.1. The molecule has 2 N–H and O–H groups in total. The van der Waals surface area contributed by atoms with Crippen molar-refractivity contribution < 1.29 is 37.8 Å². The van der Waals surface area contributed by atoms with Gasteiger partial charge in [0.15, 0.2) is 11.6 Å². The van der Waals surface area contributed by atoms with Crippen LogP contribution in [0.5, 0.6) is 11.5 Å². The molecule has 1 aliphatic carbocycles. The number of benzene rings is 3. The third kappa shape index (κ3) is 6.51. The number of ether oxygens (including phenoxy) is 3. The standard InChI is InChI=1S/C42H41FN6O7/c1-41(2,24-3-7-29(8-4-24)55-19-27-13-14-44-40(46-27)48-20-42(21-48)22-54-23-42)25-5-11-35(33(43)15-25)56-30-16-28(17-30)45-26-6-9-31-32(18-26)39(53)49(38(31)52)34-10-12-36(50)47-37(34)51/h3-9,11,13-15,18,28,30,34,45H,10,12,16-17,19-23H2,1-2H3,(H,47,50,51). The van der Waals surface area contributed by atoms with E-state index in [-0.39, 0.29) is 47.3 Å². The maximum absolute atomic E-state index is 15.5. The average molecular weight is 761 g/mol. The first kappa shape index (κ1) is 35.8. The fraction of sp³-hybridized carbons (Fsp3) is 0.381. The third-order valence-corrected chi connectivity index (χ3v) is 11.7. The smallest absolute Gasteiger partial charge is 0.262 e. The number of nitrogens with one attached hydrogen (secondary N) is 2. The molecule has 1 aromatic heterocycles. The number of fused-ring (bicyclic) bond motifs is 1. The van der Waals surface area contributed by atoms with Gasteiger partial charge in [0.05, 0.1) is 35.4 Å². The summed E-state index contributed by atoms with van der Waals surface area (Å²) in [6.45, 7) is 7.87. The molecule has 14 heteroatoms. The second-order valence-electron chi connectivity index (χ2n) is 16.0. The first-order chi connectivity index (χ1) is 26.9. The fourth-order valence-electron chi connectivity index (χ4n) is 8.13. The SMILES string of the molecule is CC(C)(c1ccc(OCc2ccnc(N3CC4(COC4)C3)n2)cc1)c1ccc(OC2CC(Nc3ccc4c(c3)C(=O)N(C3CCC(=O)NC3=O)C4=O)C2)c(F)c1. The lowest BCUT2D eigenvalue weighted by Crippen LogP contribution is -2.66. The average Bonchev–Trinajstić information content (AvgIpc) is 3.37. The van der Waals surface area contributed by atoms with Gasteiger partial charge in [-0.2, -0.15) is 0 Å². The van der Waals surface area contributed by atoms with Gasteiger partial charge in [-0.1, -0.05) is 32.0 Å². The largest absolute Gasteiger partial charge is 0.487 e. The molecule has 5 aliphatic rings. The van der Waals surface area contributed by atoms with Gasteiger partial charge in [-0.15, -0.1) is 0 Å². The Morgan fingerprint density at radius 1 is 0.946 bits per heavy atom. The van der Waals surface area contributed by atoms with Crippen molar-refractivity contribution in [1.29, 1.82) is 0 Å². The zero-order valence-electron chi connectivity index (χ0n) is 31.0. The van der Waals surface area contributed by atoms with Crippen LogP contribution in [-0.4, -0.2) is 83.0 Å². The number of amides is 4. The third-order valence-electron chi connectivity index (χ3n) is 11.7. The Bertz CT molecular complexity index is 2250. The molecule has 1 saturated carbocycles. The van der Waals surface area contributed by atoms with Crippen molar-refractivity contribution in [3.8, 4) is 11.5 Å². The van der Waals surface area contributed by atoms with Gasteiger partial charge in [0.1, 0.15) is 24.5 Å². The predicted molar refractivity (Wildman–Crippen MR) is 201 cm³/mol. The van der Waals surface area contributed by atoms with Gasteiger partial charge in [-0.05, 0) is 66.1 Å². The summed E-state index contributed by atoms with van der Waals surface area (Å²) in [5, 5.41) is 5.57. The number of hydrogen-bond acceptors (Lipinski definition) is 11. The zero-order valence-corrected chi connectivity index (χ0v) is 31.0. The van der Waals surface area contributed by atoms with Crippen LogP contribution in [0.3, 0.4) is 0 Å². The molecule has 288 valence electrons. The Balaban J connectivity index is 0.765. The van der Waals surface area contributed by atoms with Crippen LogP contribution < -0.4 is 25.0 Å². The molecule has 13 nitrogen and oxygen atoms in total. The summed E-state index contributed by atoms with van der Waals surface area (Å²) >= 11 is 0. The number of carbonyl (C=O) groups is 4. The van der Waals surface area contributed by atoms with Crippen molar-refractivity contribution in [2.75, 3.05) is 36.5 Å². The molecule has 5 heterocycles. The number of halogens is 1. The van der Waals surface area contributed by atoms with Gasteiger partial charge < -0.3 is 24.4 Å². The quantitative estimate of drug-likeness (QED) is 0.203. The van der Waals surface area contributed by atoms with E-state index in [1.54, 1.807) is 30.5 Å². The van der Waals surface area contributed by atoms with Crippen molar-refractivity contribution in [2.24, 2.45) is 5.41 Å². The number of aromatic nitrogens is 2. The highest BCUT2D eigenvalue weighted by Gasteiger charge is 2.50. The van der Waals surface area contributed by atoms with Gasteiger partial charge in [-0.25, -0.2) is 14.4 Å². The van der Waals surface area contributed by atoms with Crippen LogP contribution in [0.25, 0.3) is 0 Å². The molecule has 4 aliphatic heterocycles. The minimum atomic E-state index is -1.02. The summed E-state index contributed by atoms with van der Waals surface area (Å²) in [6.07, 6.45) is 2.94. The lowest BCUT2D eigenvalue weighted by Gasteiger charge is -2.54. The van der Waals surface area contributed by atoms with Gasteiger partial charge >= 0.3 is 0 Å². The molecule has 1 spiro atoms. The van der Waals surface area contributed by atoms with Crippen LogP contribution >= 0.6 is 0 Å². The number of anilines is 2. The maximum atomic E-state index is 15.5. The number of rotatable bonds is 11. The molecule has 0 bridgehead atoms. The van der Waals surface area contributed by atoms with Crippen LogP contribution in [0.1, 0.15) is 77.1 Å². The van der Waals surface area contributed by atoms with Gasteiger partial charge in [-0.3, -0.25) is 29.4 Å². The van der Waals surface area contributed by atoms with Crippen molar-refractivity contribution in [3.63, 3.8) is 0 Å². The van der Waals surface area contributed by atoms with Crippen molar-refractivity contribution in [2.45, 2.75) is 69.7 Å². The predicted octanol–water partition coefficient (Wildman–Crippen LogP) is 4.78. The Morgan fingerprint density at radius 3 is 2.41 bits per heavy atom. The van der Waals surface area contributed by atoms with Crippen molar-refractivity contribution in [1.82, 2.24) is 20.2 Å². The van der Waals surface area contributed by atoms with Crippen LogP contribution in [0.15, 0.2) is 72.9 Å². The van der Waals surface area contributed by atoms with Gasteiger partial charge in [0, 0.05) is 55.7 Å². The van der Waals surface area contributed by atoms with Crippen LogP contribution in [0.4, 0.5) is 16.0 Å². The summed E-state index contributed by atoms with van der Waals surface area (Å²) in [5.74, 6) is -1.01. The molecule has 3 saturated heterocycles. The number of carbonyl (C=O) groups excluding carboxylic acids is 4. The van der Waals surface area contributed by atoms with E-state index in [1.807, 2.05) is 50.2 Å². The summed E-state index contributed by atoms with van der Waals surface area (Å²) in [5.41, 5.74) is 3.47. The molecule has 0 radical (unpaired) electrons.